The molecule has 1 fully saturated rings. The van der Waals surface area contributed by atoms with E-state index in [0.29, 0.717) is 12.5 Å². The van der Waals surface area contributed by atoms with Crippen molar-refractivity contribution in [3.05, 3.63) is 35.9 Å². The van der Waals surface area contributed by atoms with Gasteiger partial charge in [-0.1, -0.05) is 25.1 Å². The minimum Gasteiger partial charge on any atom is -0.339 e. The fourth-order valence-corrected chi connectivity index (χ4v) is 3.84. The van der Waals surface area contributed by atoms with Crippen molar-refractivity contribution in [2.45, 2.75) is 38.9 Å². The van der Waals surface area contributed by atoms with Crippen LogP contribution in [0.2, 0.25) is 0 Å². The number of amides is 1. The van der Waals surface area contributed by atoms with Crippen molar-refractivity contribution in [3.8, 4) is 0 Å². The van der Waals surface area contributed by atoms with Crippen LogP contribution in [0.15, 0.2) is 30.3 Å². The highest BCUT2D eigenvalue weighted by molar-refractivity contribution is 7.90. The molecule has 24 heavy (non-hydrogen) atoms. The molecule has 0 radical (unpaired) electrons. The lowest BCUT2D eigenvalue weighted by Crippen LogP contribution is -2.42. The maximum Gasteiger partial charge on any atom is 0.253 e. The molecule has 1 unspecified atom stereocenters. The van der Waals surface area contributed by atoms with Crippen LogP contribution in [-0.4, -0.2) is 44.1 Å². The molecular formula is C18H28N2O3S. The number of likely N-dealkylation sites (tertiary alicyclic amines) is 1. The summed E-state index contributed by atoms with van der Waals surface area (Å²) in [6, 6.07) is 9.35. The molecule has 0 bridgehead atoms. The van der Waals surface area contributed by atoms with Crippen LogP contribution in [0.1, 0.15) is 44.0 Å². The minimum atomic E-state index is -3.21. The molecule has 1 saturated heterocycles. The number of benzene rings is 1. The molecule has 0 aliphatic carbocycles. The quantitative estimate of drug-likeness (QED) is 0.855. The van der Waals surface area contributed by atoms with E-state index < -0.39 is 15.3 Å². The Labute approximate surface area is 145 Å². The normalized spacial score (nSPS) is 17.9. The van der Waals surface area contributed by atoms with Gasteiger partial charge in [0.1, 0.15) is 0 Å². The average molecular weight is 353 g/mol. The Morgan fingerprint density at radius 3 is 2.29 bits per heavy atom. The summed E-state index contributed by atoms with van der Waals surface area (Å²) in [6.07, 6.45) is 1.84. The zero-order valence-electron chi connectivity index (χ0n) is 14.7. The van der Waals surface area contributed by atoms with Gasteiger partial charge in [-0.3, -0.25) is 4.79 Å². The fourth-order valence-electron chi connectivity index (χ4n) is 3.02. The molecule has 134 valence electrons. The highest BCUT2D eigenvalue weighted by Gasteiger charge is 2.27. The van der Waals surface area contributed by atoms with Gasteiger partial charge in [0, 0.05) is 25.2 Å². The molecule has 1 aliphatic heterocycles. The van der Waals surface area contributed by atoms with E-state index in [4.69, 9.17) is 0 Å². The standard InChI is InChI=1S/C18H28N2O3S/c1-14(2)24(22,23)19-13-15(3)16-9-11-20(12-10-16)18(21)17-7-5-4-6-8-17/h4-8,14-16,19H,9-13H2,1-3H3. The molecule has 2 rings (SSSR count). The largest absolute Gasteiger partial charge is 0.339 e. The number of hydrogen-bond donors (Lipinski definition) is 1. The number of rotatable bonds is 6. The Kier molecular flexibility index (Phi) is 6.40. The number of nitrogens with zero attached hydrogens (tertiary/aromatic N) is 1. The molecule has 1 aromatic rings. The summed E-state index contributed by atoms with van der Waals surface area (Å²) < 4.78 is 26.4. The molecule has 1 atom stereocenters. The number of sulfonamides is 1. The second-order valence-corrected chi connectivity index (χ2v) is 9.24. The molecule has 0 aromatic heterocycles. The van der Waals surface area contributed by atoms with E-state index in [1.807, 2.05) is 35.2 Å². The van der Waals surface area contributed by atoms with Crippen molar-refractivity contribution < 1.29 is 13.2 Å². The van der Waals surface area contributed by atoms with E-state index in [1.54, 1.807) is 13.8 Å². The van der Waals surface area contributed by atoms with E-state index in [2.05, 4.69) is 11.6 Å². The van der Waals surface area contributed by atoms with Gasteiger partial charge in [-0.05, 0) is 50.7 Å². The van der Waals surface area contributed by atoms with Crippen LogP contribution in [0.5, 0.6) is 0 Å². The third-order valence-electron chi connectivity index (χ3n) is 4.88. The molecule has 5 nitrogen and oxygen atoms in total. The second kappa shape index (κ2) is 8.12. The first-order chi connectivity index (χ1) is 11.3. The van der Waals surface area contributed by atoms with Crippen LogP contribution in [-0.2, 0) is 10.0 Å². The van der Waals surface area contributed by atoms with Gasteiger partial charge >= 0.3 is 0 Å². The van der Waals surface area contributed by atoms with Crippen LogP contribution in [0.3, 0.4) is 0 Å². The highest BCUT2D eigenvalue weighted by atomic mass is 32.2. The zero-order valence-corrected chi connectivity index (χ0v) is 15.6. The third kappa shape index (κ3) is 4.80. The summed E-state index contributed by atoms with van der Waals surface area (Å²) in [6.45, 7) is 7.39. The smallest absolute Gasteiger partial charge is 0.253 e. The Morgan fingerprint density at radius 2 is 1.75 bits per heavy atom. The van der Waals surface area contributed by atoms with E-state index in [9.17, 15) is 13.2 Å². The first-order valence-corrected chi connectivity index (χ1v) is 10.2. The van der Waals surface area contributed by atoms with Crippen LogP contribution >= 0.6 is 0 Å². The summed E-state index contributed by atoms with van der Waals surface area (Å²) in [7, 11) is -3.21. The van der Waals surface area contributed by atoms with Crippen molar-refractivity contribution in [1.29, 1.82) is 0 Å². The average Bonchev–Trinajstić information content (AvgIpc) is 2.60. The number of carbonyl (C=O) groups excluding carboxylic acids is 1. The Hall–Kier alpha value is -1.40. The minimum absolute atomic E-state index is 0.0854. The van der Waals surface area contributed by atoms with Gasteiger partial charge in [0.25, 0.3) is 5.91 Å². The van der Waals surface area contributed by atoms with Crippen molar-refractivity contribution in [2.75, 3.05) is 19.6 Å². The first-order valence-electron chi connectivity index (χ1n) is 8.64. The maximum absolute atomic E-state index is 12.4. The maximum atomic E-state index is 12.4. The molecule has 1 N–H and O–H groups in total. The molecule has 1 aromatic carbocycles. The van der Waals surface area contributed by atoms with Crippen LogP contribution < -0.4 is 4.72 Å². The summed E-state index contributed by atoms with van der Waals surface area (Å²) in [5.41, 5.74) is 0.730. The van der Waals surface area contributed by atoms with Gasteiger partial charge < -0.3 is 4.90 Å². The number of piperidine rings is 1. The van der Waals surface area contributed by atoms with Crippen molar-refractivity contribution in [3.63, 3.8) is 0 Å². The molecule has 1 amide bonds. The second-order valence-electron chi connectivity index (χ2n) is 6.92. The third-order valence-corrected chi connectivity index (χ3v) is 6.69. The molecule has 0 spiro atoms. The monoisotopic (exact) mass is 352 g/mol. The number of carbonyl (C=O) groups is 1. The van der Waals surface area contributed by atoms with Crippen LogP contribution in [0, 0.1) is 11.8 Å². The van der Waals surface area contributed by atoms with E-state index >= 15 is 0 Å². The molecule has 0 saturated carbocycles. The lowest BCUT2D eigenvalue weighted by molar-refractivity contribution is 0.0664. The van der Waals surface area contributed by atoms with Crippen molar-refractivity contribution in [1.82, 2.24) is 9.62 Å². The van der Waals surface area contributed by atoms with Gasteiger partial charge in [0.15, 0.2) is 0 Å². The van der Waals surface area contributed by atoms with E-state index in [-0.39, 0.29) is 11.8 Å². The van der Waals surface area contributed by atoms with Crippen molar-refractivity contribution in [2.24, 2.45) is 11.8 Å². The van der Waals surface area contributed by atoms with Crippen molar-refractivity contribution >= 4 is 15.9 Å². The molecule has 6 heteroatoms. The fraction of sp³-hybridized carbons (Fsp3) is 0.611. The van der Waals surface area contributed by atoms with Gasteiger partial charge in [-0.2, -0.15) is 0 Å². The van der Waals surface area contributed by atoms with Gasteiger partial charge in [0.05, 0.1) is 5.25 Å². The van der Waals surface area contributed by atoms with Gasteiger partial charge in [-0.25, -0.2) is 13.1 Å². The predicted octanol–water partition coefficient (Wildman–Crippen LogP) is 2.50. The summed E-state index contributed by atoms with van der Waals surface area (Å²) >= 11 is 0. The summed E-state index contributed by atoms with van der Waals surface area (Å²) in [4.78, 5) is 14.3. The molecular weight excluding hydrogens is 324 g/mol. The Balaban J connectivity index is 1.83. The SMILES string of the molecule is CC(CNS(=O)(=O)C(C)C)C1CCN(C(=O)c2ccccc2)CC1. The molecule has 1 aliphatic rings. The van der Waals surface area contributed by atoms with Crippen LogP contribution in [0.25, 0.3) is 0 Å². The Bertz CT molecular complexity index is 635. The number of hydrogen-bond acceptors (Lipinski definition) is 3. The molecule has 1 heterocycles. The Morgan fingerprint density at radius 1 is 1.17 bits per heavy atom. The predicted molar refractivity (Wildman–Crippen MR) is 96.3 cm³/mol. The summed E-state index contributed by atoms with van der Waals surface area (Å²) in [5, 5.41) is -0.407. The van der Waals surface area contributed by atoms with Crippen LogP contribution in [0.4, 0.5) is 0 Å². The topological polar surface area (TPSA) is 66.5 Å². The summed E-state index contributed by atoms with van der Waals surface area (Å²) in [5.74, 6) is 0.800. The van der Waals surface area contributed by atoms with E-state index in [1.165, 1.54) is 0 Å². The lowest BCUT2D eigenvalue weighted by atomic mass is 9.85. The van der Waals surface area contributed by atoms with Gasteiger partial charge in [-0.15, -0.1) is 0 Å². The zero-order chi connectivity index (χ0) is 17.7. The van der Waals surface area contributed by atoms with E-state index in [0.717, 1.165) is 31.5 Å². The van der Waals surface area contributed by atoms with Gasteiger partial charge in [0.2, 0.25) is 10.0 Å². The first kappa shape index (κ1) is 18.9. The highest BCUT2D eigenvalue weighted by Crippen LogP contribution is 2.25. The number of nitrogens with one attached hydrogen (secondary N) is 1. The lowest BCUT2D eigenvalue weighted by Gasteiger charge is -2.35.